The van der Waals surface area contributed by atoms with Crippen LogP contribution >= 0.6 is 0 Å². The highest BCUT2D eigenvalue weighted by atomic mass is 16.5. The molecule has 1 saturated heterocycles. The largest absolute Gasteiger partial charge is 0.464 e. The quantitative estimate of drug-likeness (QED) is 0.903. The van der Waals surface area contributed by atoms with E-state index in [4.69, 9.17) is 9.47 Å². The number of carbonyl (C=O) groups excluding carboxylic acids is 2. The minimum atomic E-state index is -0.572. The Kier molecular flexibility index (Phi) is 5.13. The predicted molar refractivity (Wildman–Crippen MR) is 91.2 cm³/mol. The van der Waals surface area contributed by atoms with Gasteiger partial charge in [-0.25, -0.2) is 9.78 Å². The summed E-state index contributed by atoms with van der Waals surface area (Å²) in [5.74, 6) is 0.219. The SMILES string of the molecule is CN1CCC(Oc2cc(NC(=O)OCc3ccccc3)ccn2)C1=O. The summed E-state index contributed by atoms with van der Waals surface area (Å²) in [5, 5.41) is 2.62. The average molecular weight is 341 g/mol. The van der Waals surface area contributed by atoms with E-state index in [9.17, 15) is 9.59 Å². The lowest BCUT2D eigenvalue weighted by atomic mass is 10.2. The third-order valence-corrected chi connectivity index (χ3v) is 3.84. The number of nitrogens with zero attached hydrogens (tertiary/aromatic N) is 2. The van der Waals surface area contributed by atoms with Crippen molar-refractivity contribution >= 4 is 17.7 Å². The van der Waals surface area contributed by atoms with E-state index < -0.39 is 12.2 Å². The van der Waals surface area contributed by atoms with E-state index in [1.807, 2.05) is 30.3 Å². The van der Waals surface area contributed by atoms with Crippen LogP contribution < -0.4 is 10.1 Å². The van der Waals surface area contributed by atoms with Crippen molar-refractivity contribution in [2.24, 2.45) is 0 Å². The van der Waals surface area contributed by atoms with Crippen LogP contribution in [-0.2, 0) is 16.1 Å². The number of amides is 2. The molecule has 0 bridgehead atoms. The standard InChI is InChI=1S/C18H19N3O4/c1-21-10-8-15(17(21)22)25-16-11-14(7-9-19-16)20-18(23)24-12-13-5-3-2-4-6-13/h2-7,9,11,15H,8,10,12H2,1H3,(H,19,20,23). The monoisotopic (exact) mass is 341 g/mol. The second kappa shape index (κ2) is 7.65. The molecule has 25 heavy (non-hydrogen) atoms. The lowest BCUT2D eigenvalue weighted by Gasteiger charge is -2.13. The summed E-state index contributed by atoms with van der Waals surface area (Å²) in [6, 6.07) is 12.6. The normalized spacial score (nSPS) is 16.6. The minimum Gasteiger partial charge on any atom is -0.464 e. The van der Waals surface area contributed by atoms with Gasteiger partial charge in [-0.1, -0.05) is 30.3 Å². The van der Waals surface area contributed by atoms with E-state index in [0.29, 0.717) is 18.7 Å². The van der Waals surface area contributed by atoms with Crippen molar-refractivity contribution in [3.63, 3.8) is 0 Å². The smallest absolute Gasteiger partial charge is 0.411 e. The molecule has 1 atom stereocenters. The molecule has 7 heteroatoms. The predicted octanol–water partition coefficient (Wildman–Crippen LogP) is 2.44. The van der Waals surface area contributed by atoms with E-state index in [1.54, 1.807) is 24.1 Å². The summed E-state index contributed by atoms with van der Waals surface area (Å²) in [6.45, 7) is 0.845. The summed E-state index contributed by atoms with van der Waals surface area (Å²) in [4.78, 5) is 29.5. The Balaban J connectivity index is 1.54. The van der Waals surface area contributed by atoms with Crippen LogP contribution in [0.4, 0.5) is 10.5 Å². The van der Waals surface area contributed by atoms with Crippen molar-refractivity contribution in [1.29, 1.82) is 0 Å². The maximum absolute atomic E-state index is 11.9. The number of ether oxygens (including phenoxy) is 2. The average Bonchev–Trinajstić information content (AvgIpc) is 2.93. The number of carbonyl (C=O) groups is 2. The van der Waals surface area contributed by atoms with Crippen LogP contribution in [0.5, 0.6) is 5.88 Å². The summed E-state index contributed by atoms with van der Waals surface area (Å²) in [7, 11) is 1.74. The van der Waals surface area contributed by atoms with Gasteiger partial charge < -0.3 is 14.4 Å². The molecule has 1 aliphatic heterocycles. The van der Waals surface area contributed by atoms with Crippen molar-refractivity contribution < 1.29 is 19.1 Å². The van der Waals surface area contributed by atoms with Gasteiger partial charge in [-0.05, 0) is 11.6 Å². The number of hydrogen-bond acceptors (Lipinski definition) is 5. The number of benzene rings is 1. The molecule has 1 unspecified atom stereocenters. The van der Waals surface area contributed by atoms with Crippen LogP contribution in [0.3, 0.4) is 0 Å². The number of anilines is 1. The fraction of sp³-hybridized carbons (Fsp3) is 0.278. The summed E-state index contributed by atoms with van der Waals surface area (Å²) in [6.07, 6.45) is 1.02. The van der Waals surface area contributed by atoms with Gasteiger partial charge in [0.25, 0.3) is 5.91 Å². The van der Waals surface area contributed by atoms with Crippen molar-refractivity contribution in [3.8, 4) is 5.88 Å². The van der Waals surface area contributed by atoms with E-state index in [-0.39, 0.29) is 18.4 Å². The Bertz CT molecular complexity index is 751. The van der Waals surface area contributed by atoms with E-state index >= 15 is 0 Å². The topological polar surface area (TPSA) is 80.8 Å². The zero-order valence-corrected chi connectivity index (χ0v) is 13.8. The van der Waals surface area contributed by atoms with E-state index in [1.165, 1.54) is 6.20 Å². The van der Waals surface area contributed by atoms with E-state index in [0.717, 1.165) is 5.56 Å². The lowest BCUT2D eigenvalue weighted by Crippen LogP contribution is -2.29. The first-order chi connectivity index (χ1) is 12.1. The van der Waals surface area contributed by atoms with Gasteiger partial charge in [-0.2, -0.15) is 0 Å². The van der Waals surface area contributed by atoms with Gasteiger partial charge in [0.1, 0.15) is 6.61 Å². The first-order valence-electron chi connectivity index (χ1n) is 7.97. The minimum absolute atomic E-state index is 0.0672. The van der Waals surface area contributed by atoms with Gasteiger partial charge in [-0.3, -0.25) is 10.1 Å². The summed E-state index contributed by atoms with van der Waals surface area (Å²) in [5.41, 5.74) is 1.39. The van der Waals surface area contributed by atoms with Gasteiger partial charge in [0, 0.05) is 32.3 Å². The molecule has 2 aromatic rings. The van der Waals surface area contributed by atoms with Crippen LogP contribution in [0.25, 0.3) is 0 Å². The number of likely N-dealkylation sites (N-methyl/N-ethyl adjacent to an activating group) is 1. The Morgan fingerprint density at radius 1 is 1.32 bits per heavy atom. The summed E-state index contributed by atoms with van der Waals surface area (Å²) < 4.78 is 10.8. The zero-order chi connectivity index (χ0) is 17.6. The van der Waals surface area contributed by atoms with Crippen molar-refractivity contribution in [3.05, 3.63) is 54.2 Å². The number of hydrogen-bond donors (Lipinski definition) is 1. The van der Waals surface area contributed by atoms with Gasteiger partial charge >= 0.3 is 6.09 Å². The molecule has 1 aromatic heterocycles. The van der Waals surface area contributed by atoms with Crippen molar-refractivity contribution in [2.45, 2.75) is 19.1 Å². The number of likely N-dealkylation sites (tertiary alicyclic amines) is 1. The third kappa shape index (κ3) is 4.47. The number of aromatic nitrogens is 1. The molecule has 130 valence electrons. The van der Waals surface area contributed by atoms with Gasteiger partial charge in [-0.15, -0.1) is 0 Å². The molecule has 1 N–H and O–H groups in total. The van der Waals surface area contributed by atoms with Crippen molar-refractivity contribution in [2.75, 3.05) is 18.9 Å². The highest BCUT2D eigenvalue weighted by Gasteiger charge is 2.31. The number of rotatable bonds is 5. The first kappa shape index (κ1) is 16.8. The van der Waals surface area contributed by atoms with Gasteiger partial charge in [0.15, 0.2) is 6.10 Å². The Morgan fingerprint density at radius 3 is 2.84 bits per heavy atom. The second-order valence-electron chi connectivity index (χ2n) is 5.72. The Morgan fingerprint density at radius 2 is 2.12 bits per heavy atom. The Labute approximate surface area is 145 Å². The summed E-state index contributed by atoms with van der Waals surface area (Å²) >= 11 is 0. The molecule has 1 fully saturated rings. The van der Waals surface area contributed by atoms with E-state index in [2.05, 4.69) is 10.3 Å². The number of pyridine rings is 1. The highest BCUT2D eigenvalue weighted by Crippen LogP contribution is 2.19. The van der Waals surface area contributed by atoms with Crippen LogP contribution in [-0.4, -0.2) is 41.6 Å². The molecule has 3 rings (SSSR count). The zero-order valence-electron chi connectivity index (χ0n) is 13.8. The Hall–Kier alpha value is -3.09. The van der Waals surface area contributed by atoms with Gasteiger partial charge in [0.2, 0.25) is 5.88 Å². The van der Waals surface area contributed by atoms with Crippen LogP contribution in [0.2, 0.25) is 0 Å². The molecule has 0 saturated carbocycles. The highest BCUT2D eigenvalue weighted by molar-refractivity contribution is 5.85. The van der Waals surface area contributed by atoms with Crippen LogP contribution in [0.15, 0.2) is 48.7 Å². The molecule has 0 spiro atoms. The van der Waals surface area contributed by atoms with Crippen LogP contribution in [0, 0.1) is 0 Å². The molecule has 1 aliphatic rings. The van der Waals surface area contributed by atoms with Crippen LogP contribution in [0.1, 0.15) is 12.0 Å². The molecule has 7 nitrogen and oxygen atoms in total. The second-order valence-corrected chi connectivity index (χ2v) is 5.72. The number of nitrogens with one attached hydrogen (secondary N) is 1. The third-order valence-electron chi connectivity index (χ3n) is 3.84. The fourth-order valence-corrected chi connectivity index (χ4v) is 2.47. The van der Waals surface area contributed by atoms with Gasteiger partial charge in [0.05, 0.1) is 5.69 Å². The maximum atomic E-state index is 11.9. The molecule has 1 aromatic carbocycles. The molecule has 0 aliphatic carbocycles. The molecule has 2 amide bonds. The van der Waals surface area contributed by atoms with Crippen molar-refractivity contribution in [1.82, 2.24) is 9.88 Å². The maximum Gasteiger partial charge on any atom is 0.411 e. The molecule has 0 radical (unpaired) electrons. The molecular formula is C18H19N3O4. The molecular weight excluding hydrogens is 322 g/mol. The molecule has 2 heterocycles. The lowest BCUT2D eigenvalue weighted by molar-refractivity contribution is -0.132. The fourth-order valence-electron chi connectivity index (χ4n) is 2.47. The first-order valence-corrected chi connectivity index (χ1v) is 7.97.